The third-order valence-electron chi connectivity index (χ3n) is 4.65. The number of ether oxygens (including phenoxy) is 1. The van der Waals surface area contributed by atoms with E-state index in [9.17, 15) is 18.0 Å². The summed E-state index contributed by atoms with van der Waals surface area (Å²) in [5, 5.41) is 4.18. The molecule has 0 atom stereocenters. The van der Waals surface area contributed by atoms with E-state index in [4.69, 9.17) is 16.3 Å². The zero-order valence-electron chi connectivity index (χ0n) is 15.7. The summed E-state index contributed by atoms with van der Waals surface area (Å²) in [6, 6.07) is 4.81. The number of rotatable bonds is 6. The molecule has 0 aliphatic carbocycles. The van der Waals surface area contributed by atoms with Crippen LogP contribution in [0.15, 0.2) is 18.2 Å². The summed E-state index contributed by atoms with van der Waals surface area (Å²) >= 11 is 6.03. The quantitative estimate of drug-likeness (QED) is 0.519. The molecule has 1 aliphatic heterocycles. The van der Waals surface area contributed by atoms with Gasteiger partial charge in [-0.3, -0.25) is 13.8 Å². The molecule has 2 aromatic rings. The summed E-state index contributed by atoms with van der Waals surface area (Å²) in [7, 11) is -1.74. The standard InChI is InChI=1S/C18H20ClN3O5S/c1-4-28(25,26)22-8-7-12-9-13(5-6-14(12)22)15(23)10-27-18(24)16-11(2)20-21(3)17(16)19/h5-6,9H,4,7-8,10H2,1-3H3. The SMILES string of the molecule is CCS(=O)(=O)N1CCc2cc(C(=O)COC(=O)c3c(C)nn(C)c3Cl)ccc21. The van der Waals surface area contributed by atoms with Crippen LogP contribution in [0.25, 0.3) is 0 Å². The molecule has 1 aromatic carbocycles. The van der Waals surface area contributed by atoms with Crippen molar-refractivity contribution in [2.24, 2.45) is 7.05 Å². The van der Waals surface area contributed by atoms with Crippen LogP contribution in [-0.2, 0) is 28.2 Å². The van der Waals surface area contributed by atoms with Gasteiger partial charge in [-0.25, -0.2) is 13.2 Å². The topological polar surface area (TPSA) is 98.6 Å². The largest absolute Gasteiger partial charge is 0.454 e. The first-order chi connectivity index (χ1) is 13.2. The summed E-state index contributed by atoms with van der Waals surface area (Å²) in [5.74, 6) is -1.09. The molecule has 150 valence electrons. The van der Waals surface area contributed by atoms with Gasteiger partial charge in [0.1, 0.15) is 10.7 Å². The van der Waals surface area contributed by atoms with Crippen LogP contribution in [0.4, 0.5) is 5.69 Å². The lowest BCUT2D eigenvalue weighted by atomic mass is 10.1. The molecule has 0 saturated carbocycles. The molecule has 3 rings (SSSR count). The second-order valence-electron chi connectivity index (χ2n) is 6.44. The van der Waals surface area contributed by atoms with E-state index in [1.807, 2.05) is 0 Å². The fourth-order valence-corrected chi connectivity index (χ4v) is 4.55. The highest BCUT2D eigenvalue weighted by Gasteiger charge is 2.29. The van der Waals surface area contributed by atoms with E-state index in [2.05, 4.69) is 5.10 Å². The van der Waals surface area contributed by atoms with Gasteiger partial charge in [0.05, 0.1) is 17.1 Å². The second-order valence-corrected chi connectivity index (χ2v) is 8.98. The maximum atomic E-state index is 12.4. The zero-order chi connectivity index (χ0) is 20.6. The molecule has 28 heavy (non-hydrogen) atoms. The van der Waals surface area contributed by atoms with Gasteiger partial charge in [-0.05, 0) is 44.0 Å². The molecule has 0 saturated heterocycles. The minimum atomic E-state index is -3.34. The van der Waals surface area contributed by atoms with Crippen molar-refractivity contribution < 1.29 is 22.7 Å². The summed E-state index contributed by atoms with van der Waals surface area (Å²) in [4.78, 5) is 24.7. The van der Waals surface area contributed by atoms with E-state index in [0.29, 0.717) is 29.9 Å². The molecule has 10 heteroatoms. The highest BCUT2D eigenvalue weighted by Crippen LogP contribution is 2.31. The Morgan fingerprint density at radius 3 is 2.64 bits per heavy atom. The molecule has 1 aromatic heterocycles. The van der Waals surface area contributed by atoms with Crippen molar-refractivity contribution in [3.63, 3.8) is 0 Å². The van der Waals surface area contributed by atoms with Gasteiger partial charge in [0.15, 0.2) is 12.4 Å². The molecule has 0 N–H and O–H groups in total. The van der Waals surface area contributed by atoms with Gasteiger partial charge in [0.2, 0.25) is 10.0 Å². The molecule has 2 heterocycles. The number of esters is 1. The van der Waals surface area contributed by atoms with Gasteiger partial charge in [0.25, 0.3) is 0 Å². The number of carbonyl (C=O) groups is 2. The maximum absolute atomic E-state index is 12.4. The molecular formula is C18H20ClN3O5S. The van der Waals surface area contributed by atoms with E-state index < -0.39 is 22.6 Å². The van der Waals surface area contributed by atoms with Crippen LogP contribution in [0.3, 0.4) is 0 Å². The number of ketones is 1. The van der Waals surface area contributed by atoms with Crippen molar-refractivity contribution in [2.45, 2.75) is 20.3 Å². The smallest absolute Gasteiger partial charge is 0.343 e. The highest BCUT2D eigenvalue weighted by atomic mass is 35.5. The van der Waals surface area contributed by atoms with Crippen LogP contribution in [0, 0.1) is 6.92 Å². The zero-order valence-corrected chi connectivity index (χ0v) is 17.3. The predicted octanol–water partition coefficient (Wildman–Crippen LogP) is 2.13. The van der Waals surface area contributed by atoms with Crippen molar-refractivity contribution in [3.8, 4) is 0 Å². The first-order valence-electron chi connectivity index (χ1n) is 8.68. The Bertz CT molecular complexity index is 1060. The lowest BCUT2D eigenvalue weighted by molar-refractivity contribution is 0.0474. The summed E-state index contributed by atoms with van der Waals surface area (Å²) in [5.41, 5.74) is 2.27. The first-order valence-corrected chi connectivity index (χ1v) is 10.7. The van der Waals surface area contributed by atoms with Gasteiger partial charge < -0.3 is 4.74 Å². The van der Waals surface area contributed by atoms with E-state index in [-0.39, 0.29) is 22.3 Å². The lowest BCUT2D eigenvalue weighted by Crippen LogP contribution is -2.30. The Morgan fingerprint density at radius 2 is 2.04 bits per heavy atom. The molecule has 0 amide bonds. The molecule has 0 radical (unpaired) electrons. The summed E-state index contributed by atoms with van der Waals surface area (Å²) in [6.45, 7) is 3.13. The number of hydrogen-bond acceptors (Lipinski definition) is 6. The maximum Gasteiger partial charge on any atom is 0.343 e. The van der Waals surface area contributed by atoms with E-state index in [0.717, 1.165) is 5.56 Å². The van der Waals surface area contributed by atoms with Gasteiger partial charge in [-0.2, -0.15) is 5.10 Å². The number of anilines is 1. The molecule has 0 spiro atoms. The number of aromatic nitrogens is 2. The lowest BCUT2D eigenvalue weighted by Gasteiger charge is -2.18. The van der Waals surface area contributed by atoms with Crippen LogP contribution in [0.1, 0.15) is 38.9 Å². The number of Topliss-reactive ketones (excluding diaryl/α,β-unsaturated/α-hetero) is 1. The molecule has 1 aliphatic rings. The van der Waals surface area contributed by atoms with Crippen LogP contribution >= 0.6 is 11.6 Å². The number of aryl methyl sites for hydroxylation is 2. The van der Waals surface area contributed by atoms with Crippen LogP contribution in [0.5, 0.6) is 0 Å². The Morgan fingerprint density at radius 1 is 1.32 bits per heavy atom. The summed E-state index contributed by atoms with van der Waals surface area (Å²) < 4.78 is 32.1. The number of benzene rings is 1. The fourth-order valence-electron chi connectivity index (χ4n) is 3.14. The minimum absolute atomic E-state index is 0.0133. The Labute approximate surface area is 168 Å². The fraction of sp³-hybridized carbons (Fsp3) is 0.389. The van der Waals surface area contributed by atoms with Crippen molar-refractivity contribution >= 4 is 39.1 Å². The van der Waals surface area contributed by atoms with Crippen molar-refractivity contribution in [2.75, 3.05) is 23.2 Å². The second kappa shape index (κ2) is 7.56. The third kappa shape index (κ3) is 3.64. The Hall–Kier alpha value is -2.39. The number of carbonyl (C=O) groups excluding carboxylic acids is 2. The van der Waals surface area contributed by atoms with Crippen LogP contribution in [-0.4, -0.2) is 48.9 Å². The van der Waals surface area contributed by atoms with Gasteiger partial charge in [0, 0.05) is 19.2 Å². The number of sulfonamides is 1. The first kappa shape index (κ1) is 20.3. The van der Waals surface area contributed by atoms with Crippen LogP contribution in [0.2, 0.25) is 5.15 Å². The van der Waals surface area contributed by atoms with Crippen molar-refractivity contribution in [1.29, 1.82) is 0 Å². The average molecular weight is 426 g/mol. The monoisotopic (exact) mass is 425 g/mol. The minimum Gasteiger partial charge on any atom is -0.454 e. The third-order valence-corrected chi connectivity index (χ3v) is 6.86. The molecule has 0 unspecified atom stereocenters. The number of halogens is 1. The highest BCUT2D eigenvalue weighted by molar-refractivity contribution is 7.92. The normalized spacial score (nSPS) is 13.5. The number of hydrogen-bond donors (Lipinski definition) is 0. The van der Waals surface area contributed by atoms with Gasteiger partial charge >= 0.3 is 5.97 Å². The molecule has 8 nitrogen and oxygen atoms in total. The van der Waals surface area contributed by atoms with E-state index in [1.165, 1.54) is 8.99 Å². The number of nitrogens with zero attached hydrogens (tertiary/aromatic N) is 3. The average Bonchev–Trinajstić information content (AvgIpc) is 3.20. The van der Waals surface area contributed by atoms with Gasteiger partial charge in [-0.1, -0.05) is 11.6 Å². The van der Waals surface area contributed by atoms with Crippen molar-refractivity contribution in [1.82, 2.24) is 9.78 Å². The van der Waals surface area contributed by atoms with E-state index >= 15 is 0 Å². The molecule has 0 bridgehead atoms. The van der Waals surface area contributed by atoms with Crippen LogP contribution < -0.4 is 4.31 Å². The van der Waals surface area contributed by atoms with E-state index in [1.54, 1.807) is 39.1 Å². The molecule has 0 fully saturated rings. The summed E-state index contributed by atoms with van der Waals surface area (Å²) in [6.07, 6.45) is 0.528. The van der Waals surface area contributed by atoms with Crippen molar-refractivity contribution in [3.05, 3.63) is 45.7 Å². The molecular weight excluding hydrogens is 406 g/mol. The predicted molar refractivity (Wildman–Crippen MR) is 105 cm³/mol. The number of fused-ring (bicyclic) bond motifs is 1. The Kier molecular flexibility index (Phi) is 5.49. The van der Waals surface area contributed by atoms with Gasteiger partial charge in [-0.15, -0.1) is 0 Å². The Balaban J connectivity index is 1.72.